The fourth-order valence-corrected chi connectivity index (χ4v) is 4.84. The molecule has 0 aliphatic carbocycles. The molecule has 1 N–H and O–H groups in total. The first kappa shape index (κ1) is 21.4. The third-order valence-electron chi connectivity index (χ3n) is 6.48. The summed E-state index contributed by atoms with van der Waals surface area (Å²) in [5.41, 5.74) is 2.41. The van der Waals surface area contributed by atoms with Gasteiger partial charge in [0, 0.05) is 68.7 Å². The second-order valence-corrected chi connectivity index (χ2v) is 8.63. The number of fused-ring (bicyclic) bond motifs is 1. The number of nitrogens with zero attached hydrogens (tertiary/aromatic N) is 4. The molecule has 1 aromatic heterocycles. The van der Waals surface area contributed by atoms with Gasteiger partial charge >= 0.3 is 0 Å². The number of aromatic nitrogens is 1. The number of halogens is 2. The van der Waals surface area contributed by atoms with Crippen molar-refractivity contribution in [2.24, 2.45) is 0 Å². The normalized spacial score (nSPS) is 21.4. The summed E-state index contributed by atoms with van der Waals surface area (Å²) in [6, 6.07) is 3.38. The molecule has 4 heterocycles. The summed E-state index contributed by atoms with van der Waals surface area (Å²) in [6.45, 7) is 3.38. The molecule has 2 fully saturated rings. The molecular weight excluding hydrogens is 432 g/mol. The summed E-state index contributed by atoms with van der Waals surface area (Å²) in [6.07, 6.45) is 3.24. The molecule has 8 nitrogen and oxygen atoms in total. The minimum Gasteiger partial charge on any atom is -0.369 e. The van der Waals surface area contributed by atoms with Crippen LogP contribution < -0.4 is 10.2 Å². The molecule has 33 heavy (non-hydrogen) atoms. The van der Waals surface area contributed by atoms with E-state index in [1.807, 2.05) is 4.90 Å². The molecule has 3 aliphatic heterocycles. The first-order valence-corrected chi connectivity index (χ1v) is 10.9. The molecular formula is C23H23F2N5O3. The van der Waals surface area contributed by atoms with Crippen molar-refractivity contribution >= 4 is 23.4 Å². The monoisotopic (exact) mass is 455 g/mol. The standard InChI is InChI=1S/C23H23F2N5O3/c24-15-8-17-18(13-30(23(17)33)19-1-2-21(31)27-22(19)32)20(9-15)29-5-3-28(4-6-29)12-14-7-16(25)11-26-10-14/h7-11,19H,1-6,12-13H2,(H,27,31,32). The lowest BCUT2D eigenvalue weighted by Crippen LogP contribution is -2.52. The largest absolute Gasteiger partial charge is 0.369 e. The molecule has 1 unspecified atom stereocenters. The van der Waals surface area contributed by atoms with Gasteiger partial charge in [-0.1, -0.05) is 0 Å². The number of anilines is 1. The SMILES string of the molecule is O=C1CCC(N2Cc3c(cc(F)cc3N3CCN(Cc4cncc(F)c4)CC3)C2=O)C(=O)N1. The van der Waals surface area contributed by atoms with Crippen molar-refractivity contribution in [3.05, 3.63) is 58.9 Å². The van der Waals surface area contributed by atoms with Gasteiger partial charge in [0.2, 0.25) is 11.8 Å². The molecule has 3 aliphatic rings. The van der Waals surface area contributed by atoms with E-state index in [2.05, 4.69) is 15.2 Å². The molecule has 10 heteroatoms. The molecule has 1 aromatic carbocycles. The lowest BCUT2D eigenvalue weighted by Gasteiger charge is -2.37. The Morgan fingerprint density at radius 2 is 1.79 bits per heavy atom. The number of nitrogens with one attached hydrogen (secondary N) is 1. The van der Waals surface area contributed by atoms with Crippen LogP contribution in [-0.2, 0) is 22.7 Å². The first-order chi connectivity index (χ1) is 15.9. The summed E-state index contributed by atoms with van der Waals surface area (Å²) in [5.74, 6) is -2.10. The Labute approximate surface area is 189 Å². The Kier molecular flexibility index (Phi) is 5.53. The zero-order valence-corrected chi connectivity index (χ0v) is 17.9. The van der Waals surface area contributed by atoms with E-state index >= 15 is 0 Å². The first-order valence-electron chi connectivity index (χ1n) is 10.9. The van der Waals surface area contributed by atoms with E-state index in [0.717, 1.165) is 5.56 Å². The number of carbonyl (C=O) groups excluding carboxylic acids is 3. The number of piperidine rings is 1. The molecule has 2 saturated heterocycles. The highest BCUT2D eigenvalue weighted by atomic mass is 19.1. The third-order valence-corrected chi connectivity index (χ3v) is 6.48. The molecule has 172 valence electrons. The van der Waals surface area contributed by atoms with Gasteiger partial charge in [-0.2, -0.15) is 0 Å². The van der Waals surface area contributed by atoms with Crippen LogP contribution in [0.4, 0.5) is 14.5 Å². The second-order valence-electron chi connectivity index (χ2n) is 8.63. The fraction of sp³-hybridized carbons (Fsp3) is 0.391. The van der Waals surface area contributed by atoms with E-state index < -0.39 is 23.7 Å². The Morgan fingerprint density at radius 1 is 1.00 bits per heavy atom. The second kappa shape index (κ2) is 8.51. The van der Waals surface area contributed by atoms with Crippen LogP contribution in [0, 0.1) is 11.6 Å². The van der Waals surface area contributed by atoms with Gasteiger partial charge in [-0.05, 0) is 30.2 Å². The number of imide groups is 1. The molecule has 0 spiro atoms. The zero-order chi connectivity index (χ0) is 23.1. The van der Waals surface area contributed by atoms with Gasteiger partial charge in [-0.25, -0.2) is 8.78 Å². The van der Waals surface area contributed by atoms with Gasteiger partial charge < -0.3 is 9.80 Å². The molecule has 5 rings (SSSR count). The predicted molar refractivity (Wildman–Crippen MR) is 114 cm³/mol. The number of rotatable bonds is 4. The zero-order valence-electron chi connectivity index (χ0n) is 17.9. The average Bonchev–Trinajstić information content (AvgIpc) is 3.10. The quantitative estimate of drug-likeness (QED) is 0.703. The highest BCUT2D eigenvalue weighted by Crippen LogP contribution is 2.35. The molecule has 0 bridgehead atoms. The number of hydrogen-bond acceptors (Lipinski definition) is 6. The fourth-order valence-electron chi connectivity index (χ4n) is 4.84. The Balaban J connectivity index is 1.31. The lowest BCUT2D eigenvalue weighted by atomic mass is 10.0. The van der Waals surface area contributed by atoms with Crippen LogP contribution in [0.1, 0.15) is 34.3 Å². The van der Waals surface area contributed by atoms with Crippen LogP contribution in [0.15, 0.2) is 30.6 Å². The van der Waals surface area contributed by atoms with Crippen molar-refractivity contribution < 1.29 is 23.2 Å². The van der Waals surface area contributed by atoms with Crippen molar-refractivity contribution in [2.75, 3.05) is 31.1 Å². The van der Waals surface area contributed by atoms with Gasteiger partial charge in [0.25, 0.3) is 5.91 Å². The van der Waals surface area contributed by atoms with Gasteiger partial charge in [0.05, 0.1) is 6.20 Å². The maximum atomic E-state index is 14.5. The summed E-state index contributed by atoms with van der Waals surface area (Å²) in [4.78, 5) is 46.3. The average molecular weight is 455 g/mol. The van der Waals surface area contributed by atoms with E-state index in [9.17, 15) is 23.2 Å². The van der Waals surface area contributed by atoms with Crippen LogP contribution in [-0.4, -0.2) is 64.7 Å². The molecule has 0 radical (unpaired) electrons. The van der Waals surface area contributed by atoms with Crippen LogP contribution in [0.2, 0.25) is 0 Å². The van der Waals surface area contributed by atoms with Crippen LogP contribution in [0.5, 0.6) is 0 Å². The number of pyridine rings is 1. The number of benzene rings is 1. The Bertz CT molecular complexity index is 1130. The maximum absolute atomic E-state index is 14.5. The van der Waals surface area contributed by atoms with Gasteiger partial charge in [0.1, 0.15) is 17.7 Å². The molecule has 2 aromatic rings. The summed E-state index contributed by atoms with van der Waals surface area (Å²) in [7, 11) is 0. The van der Waals surface area contributed by atoms with Crippen LogP contribution in [0.25, 0.3) is 0 Å². The Hall–Kier alpha value is -3.40. The van der Waals surface area contributed by atoms with E-state index in [1.165, 1.54) is 29.3 Å². The minimum absolute atomic E-state index is 0.167. The van der Waals surface area contributed by atoms with Gasteiger partial charge in [-0.15, -0.1) is 0 Å². The topological polar surface area (TPSA) is 85.9 Å². The molecule has 0 saturated carbocycles. The van der Waals surface area contributed by atoms with E-state index in [-0.39, 0.29) is 36.7 Å². The number of piperazine rings is 1. The van der Waals surface area contributed by atoms with Gasteiger partial charge in [0.15, 0.2) is 0 Å². The predicted octanol–water partition coefficient (Wildman–Crippen LogP) is 1.44. The van der Waals surface area contributed by atoms with E-state index in [4.69, 9.17) is 0 Å². The summed E-state index contributed by atoms with van der Waals surface area (Å²) >= 11 is 0. The molecule has 1 atom stereocenters. The number of carbonyl (C=O) groups is 3. The summed E-state index contributed by atoms with van der Waals surface area (Å²) in [5, 5.41) is 2.28. The van der Waals surface area contributed by atoms with Crippen molar-refractivity contribution in [3.8, 4) is 0 Å². The van der Waals surface area contributed by atoms with Crippen molar-refractivity contribution in [3.63, 3.8) is 0 Å². The number of amides is 3. The van der Waals surface area contributed by atoms with Crippen LogP contribution >= 0.6 is 0 Å². The lowest BCUT2D eigenvalue weighted by molar-refractivity contribution is -0.136. The smallest absolute Gasteiger partial charge is 0.255 e. The van der Waals surface area contributed by atoms with E-state index in [0.29, 0.717) is 44.0 Å². The maximum Gasteiger partial charge on any atom is 0.255 e. The van der Waals surface area contributed by atoms with Crippen molar-refractivity contribution in [1.82, 2.24) is 20.1 Å². The van der Waals surface area contributed by atoms with Crippen molar-refractivity contribution in [1.29, 1.82) is 0 Å². The highest BCUT2D eigenvalue weighted by Gasteiger charge is 2.41. The van der Waals surface area contributed by atoms with Gasteiger partial charge in [-0.3, -0.25) is 29.6 Å². The third kappa shape index (κ3) is 4.18. The van der Waals surface area contributed by atoms with E-state index in [1.54, 1.807) is 6.20 Å². The highest BCUT2D eigenvalue weighted by molar-refractivity contribution is 6.06. The van der Waals surface area contributed by atoms with Crippen LogP contribution in [0.3, 0.4) is 0 Å². The van der Waals surface area contributed by atoms with Crippen molar-refractivity contribution in [2.45, 2.75) is 32.0 Å². The Morgan fingerprint density at radius 3 is 2.52 bits per heavy atom. The minimum atomic E-state index is -0.741. The summed E-state index contributed by atoms with van der Waals surface area (Å²) < 4.78 is 27.9. The molecule has 3 amide bonds. The number of hydrogen-bond donors (Lipinski definition) is 1.